The molecule has 0 aliphatic carbocycles. The highest BCUT2D eigenvalue weighted by atomic mass is 79.9. The predicted octanol–water partition coefficient (Wildman–Crippen LogP) is 3.83. The van der Waals surface area contributed by atoms with Crippen molar-refractivity contribution >= 4 is 27.3 Å². The van der Waals surface area contributed by atoms with Gasteiger partial charge in [-0.15, -0.1) is 0 Å². The van der Waals surface area contributed by atoms with Gasteiger partial charge in [-0.1, -0.05) is 30.3 Å². The third kappa shape index (κ3) is 3.24. The Morgan fingerprint density at radius 3 is 2.70 bits per heavy atom. The number of hydrogen-bond donors (Lipinski definition) is 1. The van der Waals surface area contributed by atoms with Crippen molar-refractivity contribution in [2.75, 3.05) is 5.32 Å². The van der Waals surface area contributed by atoms with Crippen LogP contribution in [0.4, 0.5) is 11.4 Å². The topological polar surface area (TPSA) is 42.7 Å². The minimum atomic E-state index is 0.763. The maximum Gasteiger partial charge on any atom is 0.0771 e. The van der Waals surface area contributed by atoms with Gasteiger partial charge in [0.2, 0.25) is 0 Å². The molecule has 0 aliphatic heterocycles. The first-order valence-corrected chi connectivity index (χ1v) is 7.03. The Balaban J connectivity index is 1.71. The quantitative estimate of drug-likeness (QED) is 0.791. The lowest BCUT2D eigenvalue weighted by molar-refractivity contribution is 0.687. The lowest BCUT2D eigenvalue weighted by Gasteiger charge is -2.03. The van der Waals surface area contributed by atoms with Gasteiger partial charge in [0.1, 0.15) is 0 Å². The first-order chi connectivity index (χ1) is 9.79. The zero-order valence-corrected chi connectivity index (χ0v) is 12.3. The average Bonchev–Trinajstić information content (AvgIpc) is 2.87. The molecule has 1 N–H and O–H groups in total. The molecule has 2 aromatic heterocycles. The Morgan fingerprint density at radius 2 is 1.90 bits per heavy atom. The van der Waals surface area contributed by atoms with E-state index in [1.807, 2.05) is 41.3 Å². The second-order valence-corrected chi connectivity index (χ2v) is 5.34. The molecular weight excluding hydrogens is 316 g/mol. The first-order valence-electron chi connectivity index (χ1n) is 6.23. The van der Waals surface area contributed by atoms with Gasteiger partial charge in [-0.05, 0) is 27.6 Å². The van der Waals surface area contributed by atoms with Gasteiger partial charge >= 0.3 is 0 Å². The zero-order chi connectivity index (χ0) is 13.8. The van der Waals surface area contributed by atoms with Crippen LogP contribution in [0.25, 0.3) is 0 Å². The van der Waals surface area contributed by atoms with Crippen LogP contribution in [0, 0.1) is 0 Å². The van der Waals surface area contributed by atoms with Crippen molar-refractivity contribution in [3.63, 3.8) is 0 Å². The van der Waals surface area contributed by atoms with Gasteiger partial charge in [-0.25, -0.2) is 0 Å². The Hall–Kier alpha value is -2.14. The van der Waals surface area contributed by atoms with Crippen LogP contribution in [0.2, 0.25) is 0 Å². The van der Waals surface area contributed by atoms with Crippen LogP contribution in [0.3, 0.4) is 0 Å². The molecule has 5 heteroatoms. The van der Waals surface area contributed by atoms with Crippen molar-refractivity contribution in [2.45, 2.75) is 6.54 Å². The van der Waals surface area contributed by atoms with Gasteiger partial charge in [0.05, 0.1) is 30.3 Å². The first kappa shape index (κ1) is 12.9. The van der Waals surface area contributed by atoms with E-state index >= 15 is 0 Å². The van der Waals surface area contributed by atoms with E-state index < -0.39 is 0 Å². The molecule has 20 heavy (non-hydrogen) atoms. The second kappa shape index (κ2) is 5.88. The summed E-state index contributed by atoms with van der Waals surface area (Å²) in [4.78, 5) is 4.12. The minimum absolute atomic E-state index is 0.763. The van der Waals surface area contributed by atoms with Crippen molar-refractivity contribution in [1.29, 1.82) is 0 Å². The molecule has 0 atom stereocenters. The molecular formula is C15H13BrN4. The number of halogens is 1. The Bertz CT molecular complexity index is 694. The number of rotatable bonds is 4. The van der Waals surface area contributed by atoms with Gasteiger partial charge in [-0.3, -0.25) is 9.67 Å². The normalized spacial score (nSPS) is 10.4. The summed E-state index contributed by atoms with van der Waals surface area (Å²) < 4.78 is 2.85. The van der Waals surface area contributed by atoms with Crippen LogP contribution >= 0.6 is 15.9 Å². The van der Waals surface area contributed by atoms with E-state index in [0.717, 1.165) is 22.4 Å². The Morgan fingerprint density at radius 1 is 1.05 bits per heavy atom. The maximum atomic E-state index is 4.35. The molecule has 2 heterocycles. The summed E-state index contributed by atoms with van der Waals surface area (Å²) in [6, 6.07) is 12.2. The van der Waals surface area contributed by atoms with Crippen LogP contribution in [0.1, 0.15) is 5.56 Å². The van der Waals surface area contributed by atoms with E-state index in [1.165, 1.54) is 5.56 Å². The van der Waals surface area contributed by atoms with Crippen molar-refractivity contribution in [3.05, 3.63) is 71.2 Å². The van der Waals surface area contributed by atoms with Crippen molar-refractivity contribution < 1.29 is 0 Å². The number of anilines is 2. The maximum absolute atomic E-state index is 4.35. The molecule has 0 bridgehead atoms. The molecule has 0 amide bonds. The lowest BCUT2D eigenvalue weighted by atomic mass is 10.2. The van der Waals surface area contributed by atoms with Crippen LogP contribution in [-0.4, -0.2) is 14.8 Å². The summed E-state index contributed by atoms with van der Waals surface area (Å²) in [7, 11) is 0. The molecule has 100 valence electrons. The Kier molecular flexibility index (Phi) is 3.78. The number of benzene rings is 1. The number of aromatic nitrogens is 3. The molecule has 3 aromatic rings. The van der Waals surface area contributed by atoms with E-state index in [9.17, 15) is 0 Å². The largest absolute Gasteiger partial charge is 0.352 e. The summed E-state index contributed by atoms with van der Waals surface area (Å²) in [5.74, 6) is 0. The summed E-state index contributed by atoms with van der Waals surface area (Å²) >= 11 is 3.40. The summed E-state index contributed by atoms with van der Waals surface area (Å²) in [5, 5.41) is 7.63. The molecule has 0 spiro atoms. The number of nitrogens with zero attached hydrogens (tertiary/aromatic N) is 3. The predicted molar refractivity (Wildman–Crippen MR) is 83.0 cm³/mol. The smallest absolute Gasteiger partial charge is 0.0771 e. The molecule has 0 saturated carbocycles. The molecule has 4 nitrogen and oxygen atoms in total. The lowest BCUT2D eigenvalue weighted by Crippen LogP contribution is -1.99. The summed E-state index contributed by atoms with van der Waals surface area (Å²) in [6.07, 6.45) is 7.32. The molecule has 0 saturated heterocycles. The van der Waals surface area contributed by atoms with Crippen LogP contribution in [0.5, 0.6) is 0 Å². The summed E-state index contributed by atoms with van der Waals surface area (Å²) in [5.41, 5.74) is 3.10. The summed E-state index contributed by atoms with van der Waals surface area (Å²) in [6.45, 7) is 0.763. The fourth-order valence-corrected chi connectivity index (χ4v) is 2.30. The van der Waals surface area contributed by atoms with Gasteiger partial charge < -0.3 is 5.32 Å². The average molecular weight is 329 g/mol. The van der Waals surface area contributed by atoms with Gasteiger partial charge in [0, 0.05) is 16.9 Å². The highest BCUT2D eigenvalue weighted by molar-refractivity contribution is 9.10. The van der Waals surface area contributed by atoms with E-state index in [1.54, 1.807) is 12.4 Å². The standard InChI is InChI=1S/C15H13BrN4/c16-13-6-14(8-17-7-13)19-15-9-18-20(11-15)10-12-4-2-1-3-5-12/h1-9,11,19H,10H2. The fraction of sp³-hybridized carbons (Fsp3) is 0.0667. The molecule has 0 aliphatic rings. The van der Waals surface area contributed by atoms with Gasteiger partial charge in [0.25, 0.3) is 0 Å². The highest BCUT2D eigenvalue weighted by Crippen LogP contribution is 2.18. The van der Waals surface area contributed by atoms with Crippen LogP contribution in [-0.2, 0) is 6.54 Å². The van der Waals surface area contributed by atoms with Gasteiger partial charge in [-0.2, -0.15) is 5.10 Å². The van der Waals surface area contributed by atoms with Crippen LogP contribution < -0.4 is 5.32 Å². The number of hydrogen-bond acceptors (Lipinski definition) is 3. The number of nitrogens with one attached hydrogen (secondary N) is 1. The molecule has 1 aromatic carbocycles. The zero-order valence-electron chi connectivity index (χ0n) is 10.7. The van der Waals surface area contributed by atoms with E-state index in [-0.39, 0.29) is 0 Å². The second-order valence-electron chi connectivity index (χ2n) is 4.43. The van der Waals surface area contributed by atoms with E-state index in [4.69, 9.17) is 0 Å². The minimum Gasteiger partial charge on any atom is -0.352 e. The Labute approximate surface area is 125 Å². The number of pyridine rings is 1. The molecule has 0 unspecified atom stereocenters. The van der Waals surface area contributed by atoms with Gasteiger partial charge in [0.15, 0.2) is 0 Å². The molecule has 3 rings (SSSR count). The van der Waals surface area contributed by atoms with E-state index in [2.05, 4.69) is 43.5 Å². The molecule has 0 fully saturated rings. The third-order valence-corrected chi connectivity index (χ3v) is 3.25. The highest BCUT2D eigenvalue weighted by Gasteiger charge is 2.01. The third-order valence-electron chi connectivity index (χ3n) is 2.81. The van der Waals surface area contributed by atoms with Crippen molar-refractivity contribution in [1.82, 2.24) is 14.8 Å². The van der Waals surface area contributed by atoms with E-state index in [0.29, 0.717) is 0 Å². The fourth-order valence-electron chi connectivity index (χ4n) is 1.93. The van der Waals surface area contributed by atoms with Crippen LogP contribution in [0.15, 0.2) is 65.7 Å². The molecule has 0 radical (unpaired) electrons. The monoisotopic (exact) mass is 328 g/mol. The van der Waals surface area contributed by atoms with Crippen molar-refractivity contribution in [3.8, 4) is 0 Å². The van der Waals surface area contributed by atoms with Crippen molar-refractivity contribution in [2.24, 2.45) is 0 Å². The SMILES string of the molecule is Brc1cncc(Nc2cnn(Cc3ccccc3)c2)c1.